The Bertz CT molecular complexity index is 1420. The van der Waals surface area contributed by atoms with Crippen molar-refractivity contribution < 1.29 is 18.0 Å². The Labute approximate surface area is 223 Å². The zero-order chi connectivity index (χ0) is 26.7. The number of benzene rings is 3. The first-order valence-electron chi connectivity index (χ1n) is 12.5. The van der Waals surface area contributed by atoms with Gasteiger partial charge in [0.05, 0.1) is 10.6 Å². The second-order valence-electron chi connectivity index (χ2n) is 9.46. The molecule has 1 N–H and O–H groups in total. The summed E-state index contributed by atoms with van der Waals surface area (Å²) in [6, 6.07) is 17.3. The summed E-state index contributed by atoms with van der Waals surface area (Å²) in [6.45, 7) is 6.00. The smallest absolute Gasteiger partial charge is 0.265 e. The van der Waals surface area contributed by atoms with Crippen LogP contribution in [0.15, 0.2) is 65.6 Å². The van der Waals surface area contributed by atoms with E-state index in [1.807, 2.05) is 38.1 Å². The Hall–Kier alpha value is -3.10. The molecule has 0 aromatic heterocycles. The van der Waals surface area contributed by atoms with Crippen molar-refractivity contribution in [2.75, 3.05) is 10.8 Å². The minimum absolute atomic E-state index is 0.0113. The Kier molecular flexibility index (Phi) is 8.09. The molecule has 3 aromatic carbocycles. The summed E-state index contributed by atoms with van der Waals surface area (Å²) in [4.78, 5) is 28.2. The van der Waals surface area contributed by atoms with Crippen LogP contribution in [0.5, 0.6) is 0 Å². The number of carbonyl (C=O) groups is 2. The number of rotatable bonds is 10. The summed E-state index contributed by atoms with van der Waals surface area (Å²) in [5.41, 5.74) is 1.45. The number of hydrogen-bond donors (Lipinski definition) is 1. The Balaban J connectivity index is 1.50. The van der Waals surface area contributed by atoms with E-state index in [0.29, 0.717) is 27.4 Å². The van der Waals surface area contributed by atoms with E-state index in [1.54, 1.807) is 43.3 Å². The molecular formula is C28H32ClN3O4S. The molecule has 2 atom stereocenters. The van der Waals surface area contributed by atoms with Crippen LogP contribution in [0.3, 0.4) is 0 Å². The van der Waals surface area contributed by atoms with Gasteiger partial charge in [0.15, 0.2) is 0 Å². The van der Waals surface area contributed by atoms with E-state index in [2.05, 4.69) is 5.32 Å². The first-order valence-corrected chi connectivity index (χ1v) is 14.3. The third-order valence-corrected chi connectivity index (χ3v) is 8.93. The maximum atomic E-state index is 13.4. The number of nitrogens with zero attached hydrogens (tertiary/aromatic N) is 2. The molecule has 1 aliphatic heterocycles. The van der Waals surface area contributed by atoms with Gasteiger partial charge in [0.2, 0.25) is 11.8 Å². The minimum atomic E-state index is -3.69. The minimum Gasteiger partial charge on any atom is -0.352 e. The summed E-state index contributed by atoms with van der Waals surface area (Å²) in [6.07, 6.45) is 1.19. The van der Waals surface area contributed by atoms with Crippen molar-refractivity contribution in [2.45, 2.75) is 63.6 Å². The van der Waals surface area contributed by atoms with E-state index in [1.165, 1.54) is 9.21 Å². The van der Waals surface area contributed by atoms with Crippen LogP contribution in [0.4, 0.5) is 5.69 Å². The summed E-state index contributed by atoms with van der Waals surface area (Å²) in [5.74, 6) is -0.451. The third-order valence-electron chi connectivity index (χ3n) is 6.84. The number of sulfonamides is 1. The van der Waals surface area contributed by atoms with Crippen LogP contribution in [0.1, 0.15) is 45.6 Å². The maximum Gasteiger partial charge on any atom is 0.265 e. The largest absolute Gasteiger partial charge is 0.352 e. The van der Waals surface area contributed by atoms with E-state index in [9.17, 15) is 18.0 Å². The lowest BCUT2D eigenvalue weighted by Crippen LogP contribution is -2.49. The molecule has 0 spiro atoms. The van der Waals surface area contributed by atoms with Crippen LogP contribution in [0.2, 0.25) is 5.02 Å². The number of nitrogens with one attached hydrogen (secondary N) is 1. The fourth-order valence-electron chi connectivity index (χ4n) is 4.60. The molecule has 3 aromatic rings. The first kappa shape index (κ1) is 26.9. The van der Waals surface area contributed by atoms with Crippen molar-refractivity contribution in [2.24, 2.45) is 0 Å². The Morgan fingerprint density at radius 3 is 2.46 bits per heavy atom. The molecule has 9 heteroatoms. The molecule has 0 fully saturated rings. The fourth-order valence-corrected chi connectivity index (χ4v) is 6.56. The van der Waals surface area contributed by atoms with E-state index < -0.39 is 16.1 Å². The molecule has 4 rings (SSSR count). The molecule has 0 saturated carbocycles. The molecule has 0 radical (unpaired) electrons. The van der Waals surface area contributed by atoms with Crippen LogP contribution in [-0.4, -0.2) is 43.8 Å². The zero-order valence-corrected chi connectivity index (χ0v) is 22.8. The van der Waals surface area contributed by atoms with Gasteiger partial charge in [-0.3, -0.25) is 13.9 Å². The average Bonchev–Trinajstić information content (AvgIpc) is 3.09. The second-order valence-corrected chi connectivity index (χ2v) is 11.7. The van der Waals surface area contributed by atoms with Gasteiger partial charge in [-0.05, 0) is 61.9 Å². The highest BCUT2D eigenvalue weighted by molar-refractivity contribution is 7.93. The third kappa shape index (κ3) is 5.60. The molecule has 2 amide bonds. The van der Waals surface area contributed by atoms with Crippen LogP contribution in [-0.2, 0) is 26.2 Å². The molecule has 196 valence electrons. The molecule has 0 aliphatic carbocycles. The fraction of sp³-hybridized carbons (Fsp3) is 0.357. The van der Waals surface area contributed by atoms with Crippen LogP contribution < -0.4 is 9.62 Å². The van der Waals surface area contributed by atoms with Crippen LogP contribution in [0, 0.1) is 0 Å². The molecule has 0 saturated heterocycles. The van der Waals surface area contributed by atoms with Gasteiger partial charge in [-0.25, -0.2) is 8.42 Å². The standard InChI is InChI=1S/C28H32ClN3O4S/c1-4-19(2)30-28(34)20(3)31(18-21-9-5-12-23(29)17-21)26(33)15-8-16-32-24-13-6-10-22-11-7-14-25(27(22)24)37(32,35)36/h5-7,9-14,17,19-20H,4,8,15-16,18H2,1-3H3,(H,30,34)/t19-,20-/m1/s1. The van der Waals surface area contributed by atoms with E-state index in [0.717, 1.165) is 17.4 Å². The molecule has 1 aliphatic rings. The molecule has 1 heterocycles. The second kappa shape index (κ2) is 11.1. The Morgan fingerprint density at radius 1 is 1.05 bits per heavy atom. The van der Waals surface area contributed by atoms with Gasteiger partial charge in [0.25, 0.3) is 10.0 Å². The Morgan fingerprint density at radius 2 is 1.76 bits per heavy atom. The lowest BCUT2D eigenvalue weighted by atomic mass is 10.1. The highest BCUT2D eigenvalue weighted by atomic mass is 35.5. The van der Waals surface area contributed by atoms with Gasteiger partial charge in [-0.1, -0.05) is 54.9 Å². The number of hydrogen-bond acceptors (Lipinski definition) is 4. The van der Waals surface area contributed by atoms with E-state index in [-0.39, 0.29) is 37.4 Å². The van der Waals surface area contributed by atoms with Gasteiger partial charge in [-0.2, -0.15) is 0 Å². The molecular weight excluding hydrogens is 510 g/mol. The van der Waals surface area contributed by atoms with E-state index in [4.69, 9.17) is 11.6 Å². The van der Waals surface area contributed by atoms with Crippen molar-refractivity contribution in [1.82, 2.24) is 10.2 Å². The van der Waals surface area contributed by atoms with Gasteiger partial charge < -0.3 is 10.2 Å². The van der Waals surface area contributed by atoms with E-state index >= 15 is 0 Å². The van der Waals surface area contributed by atoms with Crippen LogP contribution >= 0.6 is 11.6 Å². The average molecular weight is 542 g/mol. The number of carbonyl (C=O) groups excluding carboxylic acids is 2. The lowest BCUT2D eigenvalue weighted by Gasteiger charge is -2.30. The highest BCUT2D eigenvalue weighted by Crippen LogP contribution is 2.42. The predicted molar refractivity (Wildman–Crippen MR) is 147 cm³/mol. The number of halogens is 1. The molecule has 0 bridgehead atoms. The van der Waals surface area contributed by atoms with Crippen molar-refractivity contribution in [3.8, 4) is 0 Å². The van der Waals surface area contributed by atoms with Crippen molar-refractivity contribution >= 4 is 49.9 Å². The van der Waals surface area contributed by atoms with Crippen molar-refractivity contribution in [3.63, 3.8) is 0 Å². The lowest BCUT2D eigenvalue weighted by molar-refractivity contribution is -0.140. The predicted octanol–water partition coefficient (Wildman–Crippen LogP) is 5.11. The molecule has 0 unspecified atom stereocenters. The normalized spacial score (nSPS) is 15.4. The summed E-state index contributed by atoms with van der Waals surface area (Å²) in [5, 5.41) is 5.08. The summed E-state index contributed by atoms with van der Waals surface area (Å²) < 4.78 is 27.9. The maximum absolute atomic E-state index is 13.4. The molecule has 37 heavy (non-hydrogen) atoms. The van der Waals surface area contributed by atoms with Crippen LogP contribution in [0.25, 0.3) is 10.8 Å². The molecule has 7 nitrogen and oxygen atoms in total. The van der Waals surface area contributed by atoms with Gasteiger partial charge >= 0.3 is 0 Å². The topological polar surface area (TPSA) is 86.8 Å². The van der Waals surface area contributed by atoms with Gasteiger partial charge in [-0.15, -0.1) is 0 Å². The SMILES string of the molecule is CC[C@@H](C)NC(=O)[C@@H](C)N(Cc1cccc(Cl)c1)C(=O)CCCN1c2cccc3cccc(c23)S1(=O)=O. The summed E-state index contributed by atoms with van der Waals surface area (Å²) >= 11 is 6.15. The summed E-state index contributed by atoms with van der Waals surface area (Å²) in [7, 11) is -3.69. The van der Waals surface area contributed by atoms with Crippen molar-refractivity contribution in [3.05, 3.63) is 71.2 Å². The highest BCUT2D eigenvalue weighted by Gasteiger charge is 2.35. The van der Waals surface area contributed by atoms with Crippen molar-refractivity contribution in [1.29, 1.82) is 0 Å². The van der Waals surface area contributed by atoms with Gasteiger partial charge in [0, 0.05) is 36.0 Å². The first-order chi connectivity index (χ1) is 17.6. The van der Waals surface area contributed by atoms with Gasteiger partial charge in [0.1, 0.15) is 6.04 Å². The number of anilines is 1. The zero-order valence-electron chi connectivity index (χ0n) is 21.3. The number of amides is 2. The quantitative estimate of drug-likeness (QED) is 0.386. The monoisotopic (exact) mass is 541 g/mol.